The molecule has 3 N–H and O–H groups in total. The zero-order valence-electron chi connectivity index (χ0n) is 9.72. The van der Waals surface area contributed by atoms with Gasteiger partial charge >= 0.3 is 0 Å². The number of likely N-dealkylation sites (N-methyl/N-ethyl adjacent to an activating group) is 1. The summed E-state index contributed by atoms with van der Waals surface area (Å²) in [6.45, 7) is 3.79. The minimum Gasteiger partial charge on any atom is -0.324 e. The smallest absolute Gasteiger partial charge is 0.241 e. The standard InChI is InChI=1S/C11H20N4O/c1-14-4-6-15(7-5-14)13-11(16)9-2-3-10(12)8-9/h2-3,9-10H,4-8,12H2,1H3,(H,13,16). The molecule has 1 heterocycles. The molecule has 2 atom stereocenters. The van der Waals surface area contributed by atoms with E-state index in [1.807, 2.05) is 17.2 Å². The second kappa shape index (κ2) is 4.95. The normalized spacial score (nSPS) is 31.9. The van der Waals surface area contributed by atoms with Crippen molar-refractivity contribution in [3.63, 3.8) is 0 Å². The van der Waals surface area contributed by atoms with Crippen molar-refractivity contribution in [2.45, 2.75) is 12.5 Å². The molecule has 5 heteroatoms. The molecule has 1 aliphatic carbocycles. The highest BCUT2D eigenvalue weighted by Crippen LogP contribution is 2.16. The highest BCUT2D eigenvalue weighted by molar-refractivity contribution is 5.80. The van der Waals surface area contributed by atoms with Crippen LogP contribution in [0.1, 0.15) is 6.42 Å². The Morgan fingerprint density at radius 3 is 2.56 bits per heavy atom. The van der Waals surface area contributed by atoms with Crippen molar-refractivity contribution in [1.29, 1.82) is 0 Å². The van der Waals surface area contributed by atoms with Crippen LogP contribution in [0.5, 0.6) is 0 Å². The van der Waals surface area contributed by atoms with E-state index < -0.39 is 0 Å². The lowest BCUT2D eigenvalue weighted by Crippen LogP contribution is -2.53. The Labute approximate surface area is 96.2 Å². The maximum atomic E-state index is 11.9. The molecule has 0 bridgehead atoms. The number of amides is 1. The van der Waals surface area contributed by atoms with Crippen molar-refractivity contribution in [3.05, 3.63) is 12.2 Å². The largest absolute Gasteiger partial charge is 0.324 e. The summed E-state index contributed by atoms with van der Waals surface area (Å²) < 4.78 is 0. The first-order valence-corrected chi connectivity index (χ1v) is 5.83. The number of nitrogens with one attached hydrogen (secondary N) is 1. The van der Waals surface area contributed by atoms with Crippen molar-refractivity contribution in [2.75, 3.05) is 33.2 Å². The average Bonchev–Trinajstić information content (AvgIpc) is 2.68. The van der Waals surface area contributed by atoms with Gasteiger partial charge in [0.05, 0.1) is 5.92 Å². The van der Waals surface area contributed by atoms with Gasteiger partial charge in [0, 0.05) is 32.2 Å². The predicted molar refractivity (Wildman–Crippen MR) is 62.4 cm³/mol. The zero-order chi connectivity index (χ0) is 11.5. The number of carbonyl (C=O) groups is 1. The molecule has 1 amide bonds. The van der Waals surface area contributed by atoms with Crippen LogP contribution in [-0.2, 0) is 4.79 Å². The predicted octanol–water partition coefficient (Wildman–Crippen LogP) is -0.832. The minimum absolute atomic E-state index is 0.0447. The summed E-state index contributed by atoms with van der Waals surface area (Å²) in [5.74, 6) is 0.0309. The van der Waals surface area contributed by atoms with E-state index in [0.29, 0.717) is 0 Å². The van der Waals surface area contributed by atoms with Crippen LogP contribution in [0.2, 0.25) is 0 Å². The van der Waals surface area contributed by atoms with Gasteiger partial charge in [-0.3, -0.25) is 10.2 Å². The number of rotatable bonds is 2. The number of piperazine rings is 1. The molecule has 2 aliphatic rings. The molecule has 0 aromatic rings. The average molecular weight is 224 g/mol. The second-order valence-corrected chi connectivity index (χ2v) is 4.66. The molecular weight excluding hydrogens is 204 g/mol. The number of carbonyl (C=O) groups excluding carboxylic acids is 1. The molecule has 0 aromatic heterocycles. The summed E-state index contributed by atoms with van der Waals surface area (Å²) in [7, 11) is 2.10. The van der Waals surface area contributed by atoms with E-state index in [0.717, 1.165) is 32.6 Å². The van der Waals surface area contributed by atoms with Gasteiger partial charge in [-0.25, -0.2) is 5.01 Å². The molecule has 5 nitrogen and oxygen atoms in total. The van der Waals surface area contributed by atoms with Crippen molar-refractivity contribution >= 4 is 5.91 Å². The minimum atomic E-state index is -0.0466. The Bertz CT molecular complexity index is 284. The maximum absolute atomic E-state index is 11.9. The fraction of sp³-hybridized carbons (Fsp3) is 0.727. The monoisotopic (exact) mass is 224 g/mol. The fourth-order valence-corrected chi connectivity index (χ4v) is 2.08. The van der Waals surface area contributed by atoms with Crippen LogP contribution in [0, 0.1) is 5.92 Å². The Balaban J connectivity index is 1.77. The molecule has 0 spiro atoms. The van der Waals surface area contributed by atoms with E-state index in [-0.39, 0.29) is 17.9 Å². The molecule has 16 heavy (non-hydrogen) atoms. The van der Waals surface area contributed by atoms with E-state index in [4.69, 9.17) is 5.73 Å². The Hall–Kier alpha value is -0.910. The molecule has 1 fully saturated rings. The summed E-state index contributed by atoms with van der Waals surface area (Å²) in [6.07, 6.45) is 4.56. The van der Waals surface area contributed by atoms with Gasteiger partial charge < -0.3 is 10.6 Å². The van der Waals surface area contributed by atoms with Gasteiger partial charge in [-0.15, -0.1) is 0 Å². The first kappa shape index (κ1) is 11.6. The number of nitrogens with two attached hydrogens (primary N) is 1. The summed E-state index contributed by atoms with van der Waals surface area (Å²) >= 11 is 0. The fourth-order valence-electron chi connectivity index (χ4n) is 2.08. The third kappa shape index (κ3) is 2.81. The van der Waals surface area contributed by atoms with Gasteiger partial charge in [-0.2, -0.15) is 0 Å². The molecule has 90 valence electrons. The van der Waals surface area contributed by atoms with Gasteiger partial charge in [0.15, 0.2) is 0 Å². The van der Waals surface area contributed by atoms with Crippen LogP contribution in [0.25, 0.3) is 0 Å². The third-order valence-corrected chi connectivity index (χ3v) is 3.23. The number of hydrogen-bond acceptors (Lipinski definition) is 4. The first-order valence-electron chi connectivity index (χ1n) is 5.83. The van der Waals surface area contributed by atoms with Crippen molar-refractivity contribution < 1.29 is 4.79 Å². The van der Waals surface area contributed by atoms with E-state index in [2.05, 4.69) is 17.4 Å². The highest BCUT2D eigenvalue weighted by atomic mass is 16.2. The summed E-state index contributed by atoms with van der Waals surface area (Å²) in [5, 5.41) is 2.00. The van der Waals surface area contributed by atoms with Gasteiger partial charge in [0.2, 0.25) is 5.91 Å². The second-order valence-electron chi connectivity index (χ2n) is 4.66. The van der Waals surface area contributed by atoms with Crippen LogP contribution in [0.4, 0.5) is 0 Å². The molecule has 0 saturated carbocycles. The molecule has 1 saturated heterocycles. The first-order chi connectivity index (χ1) is 7.65. The van der Waals surface area contributed by atoms with Crippen LogP contribution in [-0.4, -0.2) is 55.1 Å². The Kier molecular flexibility index (Phi) is 3.58. The molecule has 2 rings (SSSR count). The molecule has 1 aliphatic heterocycles. The van der Waals surface area contributed by atoms with Gasteiger partial charge in [-0.05, 0) is 13.5 Å². The SMILES string of the molecule is CN1CCN(NC(=O)C2C=CC(N)C2)CC1. The Morgan fingerprint density at radius 2 is 2.00 bits per heavy atom. The lowest BCUT2D eigenvalue weighted by molar-refractivity contribution is -0.129. The van der Waals surface area contributed by atoms with E-state index in [1.165, 1.54) is 0 Å². The van der Waals surface area contributed by atoms with Crippen molar-refractivity contribution in [1.82, 2.24) is 15.3 Å². The van der Waals surface area contributed by atoms with Crippen molar-refractivity contribution in [3.8, 4) is 0 Å². The van der Waals surface area contributed by atoms with Crippen LogP contribution in [0.15, 0.2) is 12.2 Å². The van der Waals surface area contributed by atoms with Crippen LogP contribution < -0.4 is 11.2 Å². The van der Waals surface area contributed by atoms with Gasteiger partial charge in [0.1, 0.15) is 0 Å². The van der Waals surface area contributed by atoms with Crippen LogP contribution >= 0.6 is 0 Å². The van der Waals surface area contributed by atoms with Crippen molar-refractivity contribution in [2.24, 2.45) is 11.7 Å². The summed E-state index contributed by atoms with van der Waals surface area (Å²) in [4.78, 5) is 14.1. The van der Waals surface area contributed by atoms with Gasteiger partial charge in [-0.1, -0.05) is 12.2 Å². The summed E-state index contributed by atoms with van der Waals surface area (Å²) in [6, 6.07) is 0.0447. The quantitative estimate of drug-likeness (QED) is 0.601. The molecule has 2 unspecified atom stereocenters. The van der Waals surface area contributed by atoms with E-state index >= 15 is 0 Å². The molecular formula is C11H20N4O. The molecule has 0 aromatic carbocycles. The topological polar surface area (TPSA) is 61.6 Å². The Morgan fingerprint density at radius 1 is 1.31 bits per heavy atom. The lowest BCUT2D eigenvalue weighted by Gasteiger charge is -2.32. The molecule has 0 radical (unpaired) electrons. The maximum Gasteiger partial charge on any atom is 0.241 e. The number of hydrazine groups is 1. The summed E-state index contributed by atoms with van der Waals surface area (Å²) in [5.41, 5.74) is 8.69. The van der Waals surface area contributed by atoms with Gasteiger partial charge in [0.25, 0.3) is 0 Å². The lowest BCUT2D eigenvalue weighted by atomic mass is 10.1. The third-order valence-electron chi connectivity index (χ3n) is 3.23. The zero-order valence-corrected chi connectivity index (χ0v) is 9.72. The number of nitrogens with zero attached hydrogens (tertiary/aromatic N) is 2. The highest BCUT2D eigenvalue weighted by Gasteiger charge is 2.24. The van der Waals surface area contributed by atoms with Crippen LogP contribution in [0.3, 0.4) is 0 Å². The number of hydrogen-bond donors (Lipinski definition) is 2. The van der Waals surface area contributed by atoms with E-state index in [1.54, 1.807) is 0 Å². The van der Waals surface area contributed by atoms with E-state index in [9.17, 15) is 4.79 Å².